The van der Waals surface area contributed by atoms with E-state index in [0.717, 1.165) is 33.6 Å². The molecule has 128 valence electrons. The number of carbonyl (C=O) groups excluding carboxylic acids is 1. The Morgan fingerprint density at radius 1 is 1.08 bits per heavy atom. The number of nitrogens with one attached hydrogen (secondary N) is 1. The molecule has 0 aliphatic carbocycles. The Hall–Kier alpha value is -2.95. The van der Waals surface area contributed by atoms with Crippen LogP contribution < -0.4 is 5.32 Å². The molecule has 0 spiro atoms. The number of carbonyl (C=O) groups is 1. The smallest absolute Gasteiger partial charge is 0.230 e. The van der Waals surface area contributed by atoms with Crippen LogP contribution in [0.2, 0.25) is 0 Å². The quantitative estimate of drug-likeness (QED) is 0.777. The molecule has 3 rings (SSSR count). The highest BCUT2D eigenvalue weighted by molar-refractivity contribution is 5.92. The van der Waals surface area contributed by atoms with Crippen LogP contribution in [0.3, 0.4) is 0 Å². The van der Waals surface area contributed by atoms with E-state index < -0.39 is 0 Å². The molecule has 0 aliphatic rings. The molecule has 25 heavy (non-hydrogen) atoms. The molecule has 0 aliphatic heterocycles. The van der Waals surface area contributed by atoms with Gasteiger partial charge in [0.1, 0.15) is 11.6 Å². The lowest BCUT2D eigenvalue weighted by molar-refractivity contribution is -0.115. The molecule has 1 N–H and O–H groups in total. The summed E-state index contributed by atoms with van der Waals surface area (Å²) >= 11 is 0. The number of hydrogen-bond donors (Lipinski definition) is 1. The van der Waals surface area contributed by atoms with Gasteiger partial charge in [-0.1, -0.05) is 35.5 Å². The Labute approximate surface area is 147 Å². The Balaban J connectivity index is 1.86. The van der Waals surface area contributed by atoms with E-state index in [0.29, 0.717) is 11.6 Å². The van der Waals surface area contributed by atoms with Crippen LogP contribution in [-0.2, 0) is 11.2 Å². The summed E-state index contributed by atoms with van der Waals surface area (Å²) in [4.78, 5) is 16.9. The predicted molar refractivity (Wildman–Crippen MR) is 97.5 cm³/mol. The maximum absolute atomic E-state index is 12.4. The number of aromatic nitrogens is 2. The third kappa shape index (κ3) is 3.60. The molecule has 3 aromatic rings. The first-order valence-electron chi connectivity index (χ1n) is 8.21. The van der Waals surface area contributed by atoms with Crippen molar-refractivity contribution in [3.63, 3.8) is 0 Å². The van der Waals surface area contributed by atoms with Crippen molar-refractivity contribution >= 4 is 11.7 Å². The summed E-state index contributed by atoms with van der Waals surface area (Å²) < 4.78 is 5.11. The van der Waals surface area contributed by atoms with E-state index in [2.05, 4.69) is 27.6 Å². The Bertz CT molecular complexity index is 895. The van der Waals surface area contributed by atoms with Gasteiger partial charge in [-0.15, -0.1) is 0 Å². The minimum absolute atomic E-state index is 0.135. The lowest BCUT2D eigenvalue weighted by Gasteiger charge is -2.12. The second-order valence-corrected chi connectivity index (χ2v) is 6.16. The second-order valence-electron chi connectivity index (χ2n) is 6.16. The van der Waals surface area contributed by atoms with Gasteiger partial charge in [0.25, 0.3) is 0 Å². The number of nitrogens with zero attached hydrogens (tertiary/aromatic N) is 2. The minimum Gasteiger partial charge on any atom is -0.361 e. The van der Waals surface area contributed by atoms with Crippen LogP contribution in [0.4, 0.5) is 5.82 Å². The molecule has 0 atom stereocenters. The van der Waals surface area contributed by atoms with Gasteiger partial charge in [0.15, 0.2) is 0 Å². The van der Waals surface area contributed by atoms with Crippen LogP contribution in [0.5, 0.6) is 0 Å². The summed E-state index contributed by atoms with van der Waals surface area (Å²) in [7, 11) is 0. The van der Waals surface area contributed by atoms with Gasteiger partial charge in [0.05, 0.1) is 12.1 Å². The number of anilines is 1. The number of pyridine rings is 1. The molecular formula is C20H21N3O2. The van der Waals surface area contributed by atoms with Crippen molar-refractivity contribution in [3.05, 3.63) is 64.7 Å². The van der Waals surface area contributed by atoms with Crippen molar-refractivity contribution in [2.45, 2.75) is 34.1 Å². The molecular weight excluding hydrogens is 314 g/mol. The zero-order valence-electron chi connectivity index (χ0n) is 14.9. The van der Waals surface area contributed by atoms with Crippen LogP contribution in [0, 0.1) is 27.7 Å². The molecule has 5 nitrogen and oxygen atoms in total. The standard InChI is InChI=1S/C20H21N3O2/c1-12-13(2)21-19(10-17(12)16-8-6-5-7-9-16)22-20(24)11-18-14(3)23-25-15(18)4/h5-10H,11H2,1-4H3,(H,21,22,24). The highest BCUT2D eigenvalue weighted by atomic mass is 16.5. The van der Waals surface area contributed by atoms with Crippen molar-refractivity contribution in [3.8, 4) is 11.1 Å². The van der Waals surface area contributed by atoms with Gasteiger partial charge in [-0.3, -0.25) is 4.79 Å². The van der Waals surface area contributed by atoms with Crippen molar-refractivity contribution in [1.82, 2.24) is 10.1 Å². The zero-order valence-corrected chi connectivity index (χ0v) is 14.9. The average Bonchev–Trinajstić information content (AvgIpc) is 2.90. The normalized spacial score (nSPS) is 10.7. The average molecular weight is 335 g/mol. The largest absolute Gasteiger partial charge is 0.361 e. The Morgan fingerprint density at radius 3 is 2.44 bits per heavy atom. The maximum Gasteiger partial charge on any atom is 0.230 e. The van der Waals surface area contributed by atoms with Crippen LogP contribution >= 0.6 is 0 Å². The lowest BCUT2D eigenvalue weighted by atomic mass is 10.00. The van der Waals surface area contributed by atoms with Crippen molar-refractivity contribution in [2.24, 2.45) is 0 Å². The molecule has 0 unspecified atom stereocenters. The summed E-state index contributed by atoms with van der Waals surface area (Å²) in [5.74, 6) is 1.09. The lowest BCUT2D eigenvalue weighted by Crippen LogP contribution is -2.16. The molecule has 2 heterocycles. The van der Waals surface area contributed by atoms with Crippen LogP contribution in [-0.4, -0.2) is 16.0 Å². The first-order chi connectivity index (χ1) is 12.0. The van der Waals surface area contributed by atoms with E-state index in [1.165, 1.54) is 0 Å². The van der Waals surface area contributed by atoms with Gasteiger partial charge >= 0.3 is 0 Å². The second kappa shape index (κ2) is 6.89. The van der Waals surface area contributed by atoms with Crippen LogP contribution in [0.1, 0.15) is 28.3 Å². The fourth-order valence-corrected chi connectivity index (χ4v) is 2.82. The van der Waals surface area contributed by atoms with Crippen molar-refractivity contribution in [1.29, 1.82) is 0 Å². The van der Waals surface area contributed by atoms with E-state index in [-0.39, 0.29) is 12.3 Å². The van der Waals surface area contributed by atoms with Crippen LogP contribution in [0.15, 0.2) is 40.9 Å². The molecule has 2 aromatic heterocycles. The molecule has 0 radical (unpaired) electrons. The van der Waals surface area contributed by atoms with Gasteiger partial charge in [0.2, 0.25) is 5.91 Å². The Kier molecular flexibility index (Phi) is 4.65. The molecule has 0 bridgehead atoms. The fourth-order valence-electron chi connectivity index (χ4n) is 2.82. The summed E-state index contributed by atoms with van der Waals surface area (Å²) in [6.07, 6.45) is 0.219. The van der Waals surface area contributed by atoms with Crippen LogP contribution in [0.25, 0.3) is 11.1 Å². The summed E-state index contributed by atoms with van der Waals surface area (Å²) in [5.41, 5.74) is 5.74. The Morgan fingerprint density at radius 2 is 1.80 bits per heavy atom. The molecule has 1 amide bonds. The predicted octanol–water partition coefficient (Wildman–Crippen LogP) is 4.15. The van der Waals surface area contributed by atoms with E-state index in [1.807, 2.05) is 52.0 Å². The number of amides is 1. The summed E-state index contributed by atoms with van der Waals surface area (Å²) in [5, 5.41) is 6.78. The summed E-state index contributed by atoms with van der Waals surface area (Å²) in [6.45, 7) is 7.64. The molecule has 1 aromatic carbocycles. The van der Waals surface area contributed by atoms with Gasteiger partial charge in [-0.2, -0.15) is 0 Å². The highest BCUT2D eigenvalue weighted by Gasteiger charge is 2.15. The molecule has 0 fully saturated rings. The molecule has 0 saturated carbocycles. The third-order valence-electron chi connectivity index (χ3n) is 4.39. The van der Waals surface area contributed by atoms with Crippen molar-refractivity contribution in [2.75, 3.05) is 5.32 Å². The fraction of sp³-hybridized carbons (Fsp3) is 0.250. The van der Waals surface area contributed by atoms with E-state index in [9.17, 15) is 4.79 Å². The zero-order chi connectivity index (χ0) is 18.0. The van der Waals surface area contributed by atoms with Gasteiger partial charge in [0, 0.05) is 11.3 Å². The van der Waals surface area contributed by atoms with Gasteiger partial charge < -0.3 is 9.84 Å². The van der Waals surface area contributed by atoms with Crippen molar-refractivity contribution < 1.29 is 9.32 Å². The topological polar surface area (TPSA) is 68.0 Å². The number of aryl methyl sites for hydroxylation is 3. The number of rotatable bonds is 4. The summed E-state index contributed by atoms with van der Waals surface area (Å²) in [6, 6.07) is 12.0. The third-order valence-corrected chi connectivity index (χ3v) is 4.39. The van der Waals surface area contributed by atoms with E-state index in [4.69, 9.17) is 4.52 Å². The monoisotopic (exact) mass is 335 g/mol. The number of benzene rings is 1. The van der Waals surface area contributed by atoms with E-state index in [1.54, 1.807) is 0 Å². The SMILES string of the molecule is Cc1nc(NC(=O)Cc2c(C)noc2C)cc(-c2ccccc2)c1C. The van der Waals surface area contributed by atoms with Gasteiger partial charge in [-0.05, 0) is 50.5 Å². The minimum atomic E-state index is -0.135. The maximum atomic E-state index is 12.4. The number of hydrogen-bond acceptors (Lipinski definition) is 4. The molecule has 0 saturated heterocycles. The first-order valence-corrected chi connectivity index (χ1v) is 8.21. The highest BCUT2D eigenvalue weighted by Crippen LogP contribution is 2.27. The first kappa shape index (κ1) is 16.9. The molecule has 5 heteroatoms. The van der Waals surface area contributed by atoms with Gasteiger partial charge in [-0.25, -0.2) is 4.98 Å². The van der Waals surface area contributed by atoms with E-state index >= 15 is 0 Å².